The molecule has 0 amide bonds. The number of hydrogen-bond donors (Lipinski definition) is 2. The third kappa shape index (κ3) is 5.73. The molecule has 1 aromatic rings. The average Bonchev–Trinajstić information content (AvgIpc) is 3.21. The molecule has 4 aliphatic carbocycles. The van der Waals surface area contributed by atoms with Crippen LogP contribution >= 0.6 is 0 Å². The van der Waals surface area contributed by atoms with Crippen molar-refractivity contribution in [2.75, 3.05) is 0 Å². The highest BCUT2D eigenvalue weighted by atomic mass is 16.5. The summed E-state index contributed by atoms with van der Waals surface area (Å²) in [4.78, 5) is 26.9. The van der Waals surface area contributed by atoms with Crippen molar-refractivity contribution >= 4 is 11.9 Å². The molecule has 4 saturated carbocycles. The largest absolute Gasteiger partial charge is 0.458 e. The number of aryl methyl sites for hydroxylation is 2. The summed E-state index contributed by atoms with van der Waals surface area (Å²) in [7, 11) is 0. The van der Waals surface area contributed by atoms with Gasteiger partial charge in [0, 0.05) is 12.5 Å². The van der Waals surface area contributed by atoms with Gasteiger partial charge < -0.3 is 19.7 Å². The van der Waals surface area contributed by atoms with E-state index in [2.05, 4.69) is 47.6 Å². The molecule has 0 unspecified atom stereocenters. The van der Waals surface area contributed by atoms with Gasteiger partial charge >= 0.3 is 11.9 Å². The molecular formula is C39H56O6. The maximum Gasteiger partial charge on any atom is 0.339 e. The molecule has 4 fully saturated rings. The van der Waals surface area contributed by atoms with E-state index in [0.29, 0.717) is 42.9 Å². The quantitative estimate of drug-likeness (QED) is 0.146. The molecule has 6 nitrogen and oxygen atoms in total. The Kier molecular flexibility index (Phi) is 9.27. The van der Waals surface area contributed by atoms with Gasteiger partial charge in [-0.05, 0) is 136 Å². The molecule has 0 spiro atoms. The Bertz CT molecular complexity index is 1390. The number of aliphatic hydroxyl groups is 2. The minimum absolute atomic E-state index is 0.0496. The molecule has 0 heterocycles. The fourth-order valence-corrected chi connectivity index (χ4v) is 10.9. The van der Waals surface area contributed by atoms with Crippen LogP contribution in [-0.2, 0) is 14.3 Å². The zero-order valence-electron chi connectivity index (χ0n) is 29.0. The lowest BCUT2D eigenvalue weighted by molar-refractivity contribution is -0.234. The number of fused-ring (bicyclic) bond motifs is 5. The molecule has 0 saturated heterocycles. The second kappa shape index (κ2) is 12.3. The van der Waals surface area contributed by atoms with E-state index in [-0.39, 0.29) is 46.1 Å². The van der Waals surface area contributed by atoms with Crippen LogP contribution in [0.1, 0.15) is 111 Å². The summed E-state index contributed by atoms with van der Waals surface area (Å²) in [5, 5.41) is 23.0. The van der Waals surface area contributed by atoms with Crippen LogP contribution in [0.2, 0.25) is 0 Å². The van der Waals surface area contributed by atoms with Gasteiger partial charge in [-0.15, -0.1) is 0 Å². The standard InChI is InChI=1S/C39H56O6/c1-22(2)11-10-12-27(36(43)45-32-14-13-23(3)19-24(32)4)34-29-20-31(42)35-37(7)17-16-30(41)25(5)28(37)15-18-38(35,8)39(29,9)21-33(34)44-26(6)40/h11,13-14,19,25,28-31,33,35,41-42H,10,12,15-18,20-21H2,1-9H3/b34-27-/t25-,28-,29-,30+,31+,33-,35-,37-,38-,39-/m0/s1. The summed E-state index contributed by atoms with van der Waals surface area (Å²) < 4.78 is 12.2. The van der Waals surface area contributed by atoms with Gasteiger partial charge in [-0.25, -0.2) is 4.79 Å². The number of benzene rings is 1. The fraction of sp³-hybridized carbons (Fsp3) is 0.692. The highest BCUT2D eigenvalue weighted by Crippen LogP contribution is 2.74. The van der Waals surface area contributed by atoms with Crippen molar-refractivity contribution in [1.82, 2.24) is 0 Å². The smallest absolute Gasteiger partial charge is 0.339 e. The molecule has 45 heavy (non-hydrogen) atoms. The lowest BCUT2D eigenvalue weighted by Crippen LogP contribution is -2.65. The number of carbonyl (C=O) groups excluding carboxylic acids is 2. The maximum absolute atomic E-state index is 14.2. The normalized spacial score (nSPS) is 40.0. The van der Waals surface area contributed by atoms with Crippen molar-refractivity contribution in [2.45, 2.75) is 132 Å². The predicted octanol–water partition coefficient (Wildman–Crippen LogP) is 7.80. The number of aliphatic hydroxyl groups excluding tert-OH is 2. The lowest BCUT2D eigenvalue weighted by atomic mass is 9.36. The van der Waals surface area contributed by atoms with Crippen LogP contribution in [-0.4, -0.2) is 40.5 Å². The molecule has 2 N–H and O–H groups in total. The van der Waals surface area contributed by atoms with Crippen LogP contribution in [0.4, 0.5) is 0 Å². The van der Waals surface area contributed by atoms with Crippen LogP contribution in [0, 0.1) is 53.8 Å². The Morgan fingerprint density at radius 3 is 2.36 bits per heavy atom. The van der Waals surface area contributed by atoms with E-state index >= 15 is 0 Å². The minimum atomic E-state index is -0.566. The molecule has 5 rings (SSSR count). The number of hydrogen-bond acceptors (Lipinski definition) is 6. The first-order valence-electron chi connectivity index (χ1n) is 17.2. The summed E-state index contributed by atoms with van der Waals surface area (Å²) in [5.74, 6) is 0.243. The summed E-state index contributed by atoms with van der Waals surface area (Å²) in [6.07, 6.45) is 6.58. The fourth-order valence-electron chi connectivity index (χ4n) is 10.9. The zero-order chi connectivity index (χ0) is 33.1. The third-order valence-corrected chi connectivity index (χ3v) is 13.1. The summed E-state index contributed by atoms with van der Waals surface area (Å²) in [5.41, 5.74) is 3.95. The number of ether oxygens (including phenoxy) is 2. The van der Waals surface area contributed by atoms with Crippen LogP contribution in [0.15, 0.2) is 41.0 Å². The van der Waals surface area contributed by atoms with Crippen molar-refractivity contribution in [3.05, 3.63) is 52.1 Å². The third-order valence-electron chi connectivity index (χ3n) is 13.1. The number of esters is 2. The maximum atomic E-state index is 14.2. The molecular weight excluding hydrogens is 564 g/mol. The van der Waals surface area contributed by atoms with Crippen LogP contribution < -0.4 is 4.74 Å². The average molecular weight is 621 g/mol. The van der Waals surface area contributed by atoms with E-state index in [1.807, 2.05) is 32.0 Å². The van der Waals surface area contributed by atoms with E-state index < -0.39 is 18.2 Å². The molecule has 0 bridgehead atoms. The van der Waals surface area contributed by atoms with Crippen LogP contribution in [0.25, 0.3) is 0 Å². The Morgan fingerprint density at radius 1 is 1.00 bits per heavy atom. The van der Waals surface area contributed by atoms with E-state index in [1.54, 1.807) is 0 Å². The number of allylic oxidation sites excluding steroid dienone is 2. The van der Waals surface area contributed by atoms with Crippen molar-refractivity contribution in [1.29, 1.82) is 0 Å². The van der Waals surface area contributed by atoms with Gasteiger partial charge in [-0.3, -0.25) is 4.79 Å². The van der Waals surface area contributed by atoms with Crippen molar-refractivity contribution < 1.29 is 29.3 Å². The molecule has 0 aromatic heterocycles. The topological polar surface area (TPSA) is 93.1 Å². The summed E-state index contributed by atoms with van der Waals surface area (Å²) in [6, 6.07) is 5.80. The van der Waals surface area contributed by atoms with Gasteiger partial charge in [-0.2, -0.15) is 0 Å². The van der Waals surface area contributed by atoms with Gasteiger partial charge in [0.2, 0.25) is 0 Å². The second-order valence-electron chi connectivity index (χ2n) is 16.0. The molecule has 0 aliphatic heterocycles. The number of carbonyl (C=O) groups is 2. The van der Waals surface area contributed by atoms with Crippen LogP contribution in [0.3, 0.4) is 0 Å². The molecule has 1 aromatic carbocycles. The van der Waals surface area contributed by atoms with E-state index in [1.165, 1.54) is 12.5 Å². The first kappa shape index (κ1) is 33.9. The van der Waals surface area contributed by atoms with Gasteiger partial charge in [0.15, 0.2) is 0 Å². The second-order valence-corrected chi connectivity index (χ2v) is 16.0. The highest BCUT2D eigenvalue weighted by molar-refractivity contribution is 5.92. The summed E-state index contributed by atoms with van der Waals surface area (Å²) >= 11 is 0. The van der Waals surface area contributed by atoms with Gasteiger partial charge in [0.25, 0.3) is 0 Å². The summed E-state index contributed by atoms with van der Waals surface area (Å²) in [6.45, 7) is 18.7. The molecule has 248 valence electrons. The van der Waals surface area contributed by atoms with Gasteiger partial charge in [0.05, 0.1) is 12.2 Å². The van der Waals surface area contributed by atoms with Crippen molar-refractivity contribution in [2.24, 2.45) is 39.9 Å². The molecule has 10 atom stereocenters. The zero-order valence-corrected chi connectivity index (χ0v) is 29.0. The monoisotopic (exact) mass is 620 g/mol. The molecule has 0 radical (unpaired) electrons. The Hall–Kier alpha value is -2.44. The molecule has 4 aliphatic rings. The number of rotatable bonds is 6. The Labute approximate surface area is 270 Å². The van der Waals surface area contributed by atoms with Crippen LogP contribution in [0.5, 0.6) is 5.75 Å². The Balaban J connectivity index is 1.62. The highest BCUT2D eigenvalue weighted by Gasteiger charge is 2.70. The first-order valence-corrected chi connectivity index (χ1v) is 17.2. The van der Waals surface area contributed by atoms with Gasteiger partial charge in [0.1, 0.15) is 11.9 Å². The van der Waals surface area contributed by atoms with Crippen molar-refractivity contribution in [3.8, 4) is 5.75 Å². The van der Waals surface area contributed by atoms with E-state index in [0.717, 1.165) is 42.4 Å². The SMILES string of the molecule is CC(=O)O[C@H]1C[C@@]2(C)[C@@H](C[C@@H](O)[C@H]3[C@@]4(C)CC[C@@H](O)[C@@H](C)[C@@H]4CC[C@@]32C)/C1=C(\CCC=C(C)C)C(=O)Oc1ccc(C)cc1C. The first-order chi connectivity index (χ1) is 21.0. The van der Waals surface area contributed by atoms with E-state index in [9.17, 15) is 19.8 Å². The van der Waals surface area contributed by atoms with Gasteiger partial charge in [-0.1, -0.05) is 57.0 Å². The van der Waals surface area contributed by atoms with E-state index in [4.69, 9.17) is 9.47 Å². The molecule has 6 heteroatoms. The van der Waals surface area contributed by atoms with Crippen molar-refractivity contribution in [3.63, 3.8) is 0 Å². The Morgan fingerprint density at radius 2 is 1.71 bits per heavy atom. The minimum Gasteiger partial charge on any atom is -0.458 e. The predicted molar refractivity (Wildman–Crippen MR) is 176 cm³/mol. The lowest BCUT2D eigenvalue weighted by Gasteiger charge is -2.69.